The summed E-state index contributed by atoms with van der Waals surface area (Å²) >= 11 is 0. The SMILES string of the molecule is CC(C)(C)OCCC(OP(=O)(O)OC(C)(C)C)c1ccccc1[N+](=O)[O-]. The van der Waals surface area contributed by atoms with Crippen LogP contribution in [0, 0.1) is 10.1 Å². The van der Waals surface area contributed by atoms with E-state index in [1.165, 1.54) is 18.2 Å². The summed E-state index contributed by atoms with van der Waals surface area (Å²) < 4.78 is 28.4. The minimum absolute atomic E-state index is 0.153. The van der Waals surface area contributed by atoms with Crippen molar-refractivity contribution in [1.82, 2.24) is 0 Å². The Kier molecular flexibility index (Phi) is 7.51. The summed E-state index contributed by atoms with van der Waals surface area (Å²) in [4.78, 5) is 20.8. The molecule has 1 rings (SSSR count). The second kappa shape index (κ2) is 8.59. The van der Waals surface area contributed by atoms with Gasteiger partial charge in [-0.15, -0.1) is 0 Å². The predicted molar refractivity (Wildman–Crippen MR) is 97.9 cm³/mol. The number of para-hydroxylation sites is 1. The molecule has 0 bridgehead atoms. The summed E-state index contributed by atoms with van der Waals surface area (Å²) in [5.74, 6) is 0. The highest BCUT2D eigenvalue weighted by Gasteiger charge is 2.35. The van der Waals surface area contributed by atoms with E-state index in [9.17, 15) is 19.6 Å². The maximum absolute atomic E-state index is 12.4. The first-order valence-electron chi connectivity index (χ1n) is 8.29. The van der Waals surface area contributed by atoms with Gasteiger partial charge in [0.25, 0.3) is 5.69 Å². The van der Waals surface area contributed by atoms with Gasteiger partial charge in [-0.3, -0.25) is 19.2 Å². The summed E-state index contributed by atoms with van der Waals surface area (Å²) in [7, 11) is -4.44. The normalized spacial score (nSPS) is 16.1. The molecule has 1 aromatic rings. The number of nitro groups is 1. The number of phosphoric ester groups is 1. The summed E-state index contributed by atoms with van der Waals surface area (Å²) in [6.45, 7) is 10.6. The third-order valence-electron chi connectivity index (χ3n) is 3.05. The fourth-order valence-electron chi connectivity index (χ4n) is 2.19. The van der Waals surface area contributed by atoms with Crippen molar-refractivity contribution in [2.45, 2.75) is 65.3 Å². The summed E-state index contributed by atoms with van der Waals surface area (Å²) in [5, 5.41) is 11.3. The van der Waals surface area contributed by atoms with Crippen LogP contribution in [-0.4, -0.2) is 27.6 Å². The van der Waals surface area contributed by atoms with Gasteiger partial charge in [-0.1, -0.05) is 12.1 Å². The molecule has 0 heterocycles. The van der Waals surface area contributed by atoms with Gasteiger partial charge in [-0.05, 0) is 47.6 Å². The van der Waals surface area contributed by atoms with Crippen molar-refractivity contribution in [2.75, 3.05) is 6.61 Å². The molecule has 0 radical (unpaired) electrons. The second-order valence-corrected chi connectivity index (χ2v) is 9.16. The smallest absolute Gasteiger partial charge is 0.376 e. The van der Waals surface area contributed by atoms with Gasteiger partial charge in [0, 0.05) is 12.5 Å². The van der Waals surface area contributed by atoms with Crippen LogP contribution in [0.15, 0.2) is 24.3 Å². The van der Waals surface area contributed by atoms with E-state index in [2.05, 4.69) is 0 Å². The number of hydrogen-bond donors (Lipinski definition) is 1. The van der Waals surface area contributed by atoms with Crippen molar-refractivity contribution < 1.29 is 28.2 Å². The van der Waals surface area contributed by atoms with Crippen molar-refractivity contribution in [3.8, 4) is 0 Å². The molecule has 0 spiro atoms. The van der Waals surface area contributed by atoms with Crippen LogP contribution < -0.4 is 0 Å². The Hall–Kier alpha value is -1.31. The van der Waals surface area contributed by atoms with E-state index < -0.39 is 30.1 Å². The highest BCUT2D eigenvalue weighted by molar-refractivity contribution is 7.47. The lowest BCUT2D eigenvalue weighted by atomic mass is 10.0. The number of rotatable bonds is 8. The zero-order valence-electron chi connectivity index (χ0n) is 16.1. The molecule has 0 amide bonds. The van der Waals surface area contributed by atoms with Crippen molar-refractivity contribution in [3.63, 3.8) is 0 Å². The van der Waals surface area contributed by atoms with Gasteiger partial charge < -0.3 is 9.63 Å². The number of nitrogens with zero attached hydrogens (tertiary/aromatic N) is 1. The topological polar surface area (TPSA) is 108 Å². The van der Waals surface area contributed by atoms with Gasteiger partial charge in [0.15, 0.2) is 0 Å². The molecular weight excluding hydrogens is 361 g/mol. The largest absolute Gasteiger partial charge is 0.473 e. The van der Waals surface area contributed by atoms with E-state index in [1.54, 1.807) is 26.8 Å². The van der Waals surface area contributed by atoms with Gasteiger partial charge in [0.2, 0.25) is 0 Å². The Morgan fingerprint density at radius 2 is 1.73 bits per heavy atom. The van der Waals surface area contributed by atoms with Gasteiger partial charge in [0.05, 0.1) is 28.3 Å². The Balaban J connectivity index is 3.11. The molecule has 2 atom stereocenters. The van der Waals surface area contributed by atoms with Gasteiger partial charge in [-0.25, -0.2) is 4.57 Å². The number of ether oxygens (including phenoxy) is 1. The fraction of sp³-hybridized carbons (Fsp3) is 0.647. The molecule has 8 nitrogen and oxygen atoms in total. The van der Waals surface area contributed by atoms with Gasteiger partial charge >= 0.3 is 7.82 Å². The van der Waals surface area contributed by atoms with Crippen LogP contribution in [-0.2, 0) is 18.3 Å². The van der Waals surface area contributed by atoms with Crippen molar-refractivity contribution in [1.29, 1.82) is 0 Å². The third-order valence-corrected chi connectivity index (χ3v) is 4.34. The molecule has 1 N–H and O–H groups in total. The highest BCUT2D eigenvalue weighted by atomic mass is 31.2. The van der Waals surface area contributed by atoms with E-state index in [-0.39, 0.29) is 24.3 Å². The molecule has 148 valence electrons. The van der Waals surface area contributed by atoms with Crippen LogP contribution in [0.4, 0.5) is 5.69 Å². The maximum Gasteiger partial charge on any atom is 0.473 e. The van der Waals surface area contributed by atoms with E-state index in [0.29, 0.717) is 0 Å². The molecule has 0 saturated carbocycles. The van der Waals surface area contributed by atoms with E-state index in [1.807, 2.05) is 20.8 Å². The lowest BCUT2D eigenvalue weighted by molar-refractivity contribution is -0.386. The molecule has 0 fully saturated rings. The molecule has 26 heavy (non-hydrogen) atoms. The first-order chi connectivity index (χ1) is 11.7. The molecule has 0 aromatic heterocycles. The van der Waals surface area contributed by atoms with Crippen LogP contribution in [0.1, 0.15) is 59.6 Å². The average molecular weight is 389 g/mol. The molecule has 0 aliphatic carbocycles. The monoisotopic (exact) mass is 389 g/mol. The van der Waals surface area contributed by atoms with Crippen LogP contribution in [0.2, 0.25) is 0 Å². The van der Waals surface area contributed by atoms with Crippen LogP contribution in [0.5, 0.6) is 0 Å². The van der Waals surface area contributed by atoms with Gasteiger partial charge in [0.1, 0.15) is 6.10 Å². The summed E-state index contributed by atoms with van der Waals surface area (Å²) in [6, 6.07) is 5.95. The van der Waals surface area contributed by atoms with Gasteiger partial charge in [-0.2, -0.15) is 0 Å². The molecule has 0 aliphatic rings. The third kappa shape index (κ3) is 8.38. The quantitative estimate of drug-likeness (QED) is 0.387. The summed E-state index contributed by atoms with van der Waals surface area (Å²) in [5.41, 5.74) is -1.33. The zero-order chi connectivity index (χ0) is 20.2. The Labute approximate surface area is 154 Å². The Bertz CT molecular complexity index is 664. The lowest BCUT2D eigenvalue weighted by Gasteiger charge is -2.27. The predicted octanol–water partition coefficient (Wildman–Crippen LogP) is 4.77. The van der Waals surface area contributed by atoms with E-state index >= 15 is 0 Å². The average Bonchev–Trinajstić information content (AvgIpc) is 2.42. The minimum atomic E-state index is -4.44. The Morgan fingerprint density at radius 1 is 1.15 bits per heavy atom. The molecule has 9 heteroatoms. The van der Waals surface area contributed by atoms with Crippen molar-refractivity contribution >= 4 is 13.5 Å². The van der Waals surface area contributed by atoms with Crippen LogP contribution in [0.25, 0.3) is 0 Å². The van der Waals surface area contributed by atoms with Crippen LogP contribution >= 0.6 is 7.82 Å². The van der Waals surface area contributed by atoms with Crippen molar-refractivity contribution in [3.05, 3.63) is 39.9 Å². The summed E-state index contributed by atoms with van der Waals surface area (Å²) in [6.07, 6.45) is -0.877. The van der Waals surface area contributed by atoms with E-state index in [4.69, 9.17) is 13.8 Å². The Morgan fingerprint density at radius 3 is 2.23 bits per heavy atom. The second-order valence-electron chi connectivity index (χ2n) is 7.83. The number of phosphoric acid groups is 1. The van der Waals surface area contributed by atoms with Crippen molar-refractivity contribution in [2.24, 2.45) is 0 Å². The number of hydrogen-bond acceptors (Lipinski definition) is 6. The maximum atomic E-state index is 12.4. The molecular formula is C17H28NO7P. The van der Waals surface area contributed by atoms with E-state index in [0.717, 1.165) is 0 Å². The fourth-order valence-corrected chi connectivity index (χ4v) is 3.47. The standard InChI is InChI=1S/C17H28NO7P/c1-16(2,3)23-12-11-15(24-26(21,22)25-17(4,5)6)13-9-7-8-10-14(13)18(19)20/h7-10,15H,11-12H2,1-6H3,(H,21,22). The molecule has 2 unspecified atom stereocenters. The molecule has 1 aromatic carbocycles. The highest BCUT2D eigenvalue weighted by Crippen LogP contribution is 2.52. The first kappa shape index (κ1) is 22.7. The lowest BCUT2D eigenvalue weighted by Crippen LogP contribution is -2.22. The first-order valence-corrected chi connectivity index (χ1v) is 9.79. The number of benzene rings is 1. The zero-order valence-corrected chi connectivity index (χ0v) is 17.0. The molecule has 0 saturated heterocycles. The molecule has 0 aliphatic heterocycles. The van der Waals surface area contributed by atoms with Crippen LogP contribution in [0.3, 0.4) is 0 Å². The number of nitro benzene ring substituents is 1. The minimum Gasteiger partial charge on any atom is -0.376 e.